The van der Waals surface area contributed by atoms with E-state index in [-0.39, 0.29) is 12.1 Å². The molecule has 0 bridgehead atoms. The Morgan fingerprint density at radius 3 is 2.40 bits per heavy atom. The zero-order valence-electron chi connectivity index (χ0n) is 11.3. The highest BCUT2D eigenvalue weighted by molar-refractivity contribution is 7.90. The molecule has 1 aliphatic rings. The summed E-state index contributed by atoms with van der Waals surface area (Å²) in [5.41, 5.74) is 1.10. The highest BCUT2D eigenvalue weighted by atomic mass is 32.2. The molecule has 1 amide bonds. The molecule has 1 aliphatic heterocycles. The van der Waals surface area contributed by atoms with Crippen LogP contribution in [-0.4, -0.2) is 33.7 Å². The first-order valence-corrected chi connectivity index (χ1v) is 7.70. The van der Waals surface area contributed by atoms with E-state index in [0.717, 1.165) is 0 Å². The number of nitrogens with zero attached hydrogens (tertiary/aromatic N) is 1. The van der Waals surface area contributed by atoms with Crippen LogP contribution in [0.15, 0.2) is 24.3 Å². The standard InChI is InChI=1S/C12H17N3O4S/c1-9(2)13-20(17,18)14-10-3-5-11(6-4-10)15-7-8-19-12(15)16/h3-6,9,13-14H,7-8H2,1-2H3. The molecule has 1 fully saturated rings. The second-order valence-electron chi connectivity index (χ2n) is 4.69. The minimum Gasteiger partial charge on any atom is -0.447 e. The second kappa shape index (κ2) is 5.68. The third-order valence-electron chi connectivity index (χ3n) is 2.58. The van der Waals surface area contributed by atoms with Gasteiger partial charge in [0.15, 0.2) is 0 Å². The van der Waals surface area contributed by atoms with Crippen molar-refractivity contribution in [3.63, 3.8) is 0 Å². The fraction of sp³-hybridized carbons (Fsp3) is 0.417. The van der Waals surface area contributed by atoms with Crippen LogP contribution < -0.4 is 14.3 Å². The Hall–Kier alpha value is -1.80. The van der Waals surface area contributed by atoms with Gasteiger partial charge in [-0.2, -0.15) is 13.1 Å². The van der Waals surface area contributed by atoms with Crippen molar-refractivity contribution in [1.29, 1.82) is 0 Å². The van der Waals surface area contributed by atoms with Crippen LogP contribution in [0.3, 0.4) is 0 Å². The Kier molecular flexibility index (Phi) is 4.15. The molecule has 0 aliphatic carbocycles. The summed E-state index contributed by atoms with van der Waals surface area (Å²) in [6, 6.07) is 6.34. The lowest BCUT2D eigenvalue weighted by atomic mass is 10.2. The zero-order chi connectivity index (χ0) is 14.8. The van der Waals surface area contributed by atoms with E-state index in [4.69, 9.17) is 4.74 Å². The largest absolute Gasteiger partial charge is 0.447 e. The van der Waals surface area contributed by atoms with Crippen LogP contribution in [0.4, 0.5) is 16.2 Å². The summed E-state index contributed by atoms with van der Waals surface area (Å²) < 4.78 is 33.1. The first kappa shape index (κ1) is 14.6. The first-order valence-electron chi connectivity index (χ1n) is 6.22. The monoisotopic (exact) mass is 299 g/mol. The Morgan fingerprint density at radius 1 is 1.25 bits per heavy atom. The van der Waals surface area contributed by atoms with Crippen molar-refractivity contribution in [3.8, 4) is 0 Å². The maximum atomic E-state index is 11.7. The Bertz CT molecular complexity index is 583. The molecule has 7 nitrogen and oxygen atoms in total. The lowest BCUT2D eigenvalue weighted by molar-refractivity contribution is 0.181. The summed E-state index contributed by atoms with van der Waals surface area (Å²) in [5.74, 6) is 0. The first-order chi connectivity index (χ1) is 9.37. The molecule has 20 heavy (non-hydrogen) atoms. The highest BCUT2D eigenvalue weighted by Crippen LogP contribution is 2.21. The van der Waals surface area contributed by atoms with Gasteiger partial charge in [0, 0.05) is 17.4 Å². The molecule has 0 radical (unpaired) electrons. The number of anilines is 2. The quantitative estimate of drug-likeness (QED) is 0.858. The van der Waals surface area contributed by atoms with Crippen LogP contribution in [0.1, 0.15) is 13.8 Å². The van der Waals surface area contributed by atoms with Crippen molar-refractivity contribution in [3.05, 3.63) is 24.3 Å². The topological polar surface area (TPSA) is 87.7 Å². The van der Waals surface area contributed by atoms with E-state index >= 15 is 0 Å². The minimum atomic E-state index is -3.58. The van der Waals surface area contributed by atoms with E-state index in [9.17, 15) is 13.2 Å². The van der Waals surface area contributed by atoms with Crippen molar-refractivity contribution < 1.29 is 17.9 Å². The molecule has 1 aromatic carbocycles. The SMILES string of the molecule is CC(C)NS(=O)(=O)Nc1ccc(N2CCOC2=O)cc1. The second-order valence-corrected chi connectivity index (χ2v) is 6.14. The third-order valence-corrected chi connectivity index (χ3v) is 3.87. The lowest BCUT2D eigenvalue weighted by Gasteiger charge is -2.14. The summed E-state index contributed by atoms with van der Waals surface area (Å²) >= 11 is 0. The number of cyclic esters (lactones) is 1. The van der Waals surface area contributed by atoms with Crippen LogP contribution >= 0.6 is 0 Å². The Labute approximate surface area is 118 Å². The summed E-state index contributed by atoms with van der Waals surface area (Å²) in [7, 11) is -3.58. The van der Waals surface area contributed by atoms with Crippen LogP contribution in [0.5, 0.6) is 0 Å². The van der Waals surface area contributed by atoms with Crippen molar-refractivity contribution in [2.75, 3.05) is 22.8 Å². The molecule has 1 aromatic rings. The van der Waals surface area contributed by atoms with Crippen molar-refractivity contribution in [2.24, 2.45) is 0 Å². The van der Waals surface area contributed by atoms with E-state index in [2.05, 4.69) is 9.44 Å². The highest BCUT2D eigenvalue weighted by Gasteiger charge is 2.23. The van der Waals surface area contributed by atoms with Crippen molar-refractivity contribution >= 4 is 27.7 Å². The number of amides is 1. The maximum Gasteiger partial charge on any atom is 0.414 e. The van der Waals surface area contributed by atoms with E-state index < -0.39 is 10.2 Å². The van der Waals surface area contributed by atoms with Gasteiger partial charge >= 0.3 is 6.09 Å². The van der Waals surface area contributed by atoms with Gasteiger partial charge in [-0.05, 0) is 38.1 Å². The number of carbonyl (C=O) groups is 1. The van der Waals surface area contributed by atoms with Gasteiger partial charge in [-0.3, -0.25) is 9.62 Å². The fourth-order valence-electron chi connectivity index (χ4n) is 1.83. The van der Waals surface area contributed by atoms with Gasteiger partial charge in [-0.25, -0.2) is 4.79 Å². The average Bonchev–Trinajstić information content (AvgIpc) is 2.74. The molecule has 110 valence electrons. The van der Waals surface area contributed by atoms with Gasteiger partial charge in [0.1, 0.15) is 6.61 Å². The number of carbonyl (C=O) groups excluding carboxylic acids is 1. The van der Waals surface area contributed by atoms with E-state index in [1.54, 1.807) is 38.1 Å². The molecule has 0 spiro atoms. The number of ether oxygens (including phenoxy) is 1. The minimum absolute atomic E-state index is 0.189. The predicted octanol–water partition coefficient (Wildman–Crippen LogP) is 1.30. The third kappa shape index (κ3) is 3.61. The van der Waals surface area contributed by atoms with E-state index in [1.165, 1.54) is 4.90 Å². The molecule has 1 heterocycles. The molecule has 0 aromatic heterocycles. The number of hydrogen-bond donors (Lipinski definition) is 2. The molecular formula is C12H17N3O4S. The van der Waals surface area contributed by atoms with Crippen LogP contribution in [-0.2, 0) is 14.9 Å². The van der Waals surface area contributed by atoms with Crippen LogP contribution in [0, 0.1) is 0 Å². The van der Waals surface area contributed by atoms with Crippen molar-refractivity contribution in [1.82, 2.24) is 4.72 Å². The summed E-state index contributed by atoms with van der Waals surface area (Å²) in [6.07, 6.45) is -0.389. The van der Waals surface area contributed by atoms with E-state index in [0.29, 0.717) is 24.5 Å². The number of benzene rings is 1. The smallest absolute Gasteiger partial charge is 0.414 e. The van der Waals surface area contributed by atoms with Gasteiger partial charge in [0.2, 0.25) is 0 Å². The maximum absolute atomic E-state index is 11.7. The summed E-state index contributed by atoms with van der Waals surface area (Å²) in [4.78, 5) is 12.9. The van der Waals surface area contributed by atoms with Gasteiger partial charge in [-0.1, -0.05) is 0 Å². The Balaban J connectivity index is 2.07. The summed E-state index contributed by atoms with van der Waals surface area (Å²) in [5, 5.41) is 0. The molecule has 0 unspecified atom stereocenters. The molecule has 0 atom stereocenters. The molecule has 2 rings (SSSR count). The molecule has 1 saturated heterocycles. The van der Waals surface area contributed by atoms with Crippen LogP contribution in [0.2, 0.25) is 0 Å². The Morgan fingerprint density at radius 2 is 1.90 bits per heavy atom. The lowest BCUT2D eigenvalue weighted by Crippen LogP contribution is -2.35. The van der Waals surface area contributed by atoms with Gasteiger partial charge in [-0.15, -0.1) is 0 Å². The van der Waals surface area contributed by atoms with E-state index in [1.807, 2.05) is 0 Å². The molecular weight excluding hydrogens is 282 g/mol. The normalized spacial score (nSPS) is 15.6. The number of hydrogen-bond acceptors (Lipinski definition) is 4. The van der Waals surface area contributed by atoms with Gasteiger partial charge in [0.25, 0.3) is 10.2 Å². The molecule has 2 N–H and O–H groups in total. The predicted molar refractivity (Wildman–Crippen MR) is 76.0 cm³/mol. The van der Waals surface area contributed by atoms with Crippen molar-refractivity contribution in [2.45, 2.75) is 19.9 Å². The van der Waals surface area contributed by atoms with Gasteiger partial charge in [0.05, 0.1) is 6.54 Å². The van der Waals surface area contributed by atoms with Gasteiger partial charge < -0.3 is 4.74 Å². The molecule has 0 saturated carbocycles. The van der Waals surface area contributed by atoms with Crippen LogP contribution in [0.25, 0.3) is 0 Å². The number of nitrogens with one attached hydrogen (secondary N) is 2. The average molecular weight is 299 g/mol. The fourth-order valence-corrected chi connectivity index (χ4v) is 2.96. The zero-order valence-corrected chi connectivity index (χ0v) is 12.1. The molecule has 8 heteroatoms. The number of rotatable bonds is 5. The summed E-state index contributed by atoms with van der Waals surface area (Å²) in [6.45, 7) is 4.34.